The summed E-state index contributed by atoms with van der Waals surface area (Å²) >= 11 is 0. The molecular weight excluding hydrogens is 192 g/mol. The summed E-state index contributed by atoms with van der Waals surface area (Å²) in [5, 5.41) is 2.23. The molecular formula is C4H9ClN2O3S. The second kappa shape index (κ2) is 4.40. The first-order valence-corrected chi connectivity index (χ1v) is 5.35. The fraction of sp³-hybridized carbons (Fsp3) is 0.750. The number of hydrogen-bond acceptors (Lipinski definition) is 3. The molecule has 0 spiro atoms. The van der Waals surface area contributed by atoms with Crippen LogP contribution in [0, 0.1) is 0 Å². The summed E-state index contributed by atoms with van der Waals surface area (Å²) in [6.45, 7) is 0.223. The molecule has 0 saturated carbocycles. The lowest BCUT2D eigenvalue weighted by Gasteiger charge is -1.98. The molecule has 2 amide bonds. The molecule has 0 rings (SSSR count). The average Bonchev–Trinajstić information content (AvgIpc) is 1.78. The Kier molecular flexibility index (Phi) is 4.20. The molecule has 0 aromatic carbocycles. The van der Waals surface area contributed by atoms with Crippen molar-refractivity contribution in [3.63, 3.8) is 0 Å². The number of carbonyl (C=O) groups is 1. The van der Waals surface area contributed by atoms with Gasteiger partial charge in [0.2, 0.25) is 9.05 Å². The van der Waals surface area contributed by atoms with Gasteiger partial charge in [-0.1, -0.05) is 0 Å². The van der Waals surface area contributed by atoms with E-state index in [9.17, 15) is 13.2 Å². The van der Waals surface area contributed by atoms with Crippen LogP contribution in [-0.2, 0) is 9.05 Å². The standard InChI is InChI=1S/C4H9ClN2O3S/c5-11(9,10)3-1-2-7-4(6)8/h1-3H2,(H3,6,7,8). The fourth-order valence-corrected chi connectivity index (χ4v) is 1.27. The Bertz CT molecular complexity index is 225. The molecule has 0 radical (unpaired) electrons. The van der Waals surface area contributed by atoms with Crippen LogP contribution in [0.25, 0.3) is 0 Å². The molecule has 5 nitrogen and oxygen atoms in total. The third kappa shape index (κ3) is 9.51. The predicted octanol–water partition coefficient (Wildman–Crippen LogP) is -0.387. The van der Waals surface area contributed by atoms with Crippen molar-refractivity contribution in [1.29, 1.82) is 0 Å². The van der Waals surface area contributed by atoms with Gasteiger partial charge in [0.25, 0.3) is 0 Å². The van der Waals surface area contributed by atoms with Gasteiger partial charge < -0.3 is 11.1 Å². The fourth-order valence-electron chi connectivity index (χ4n) is 0.456. The number of halogens is 1. The molecule has 0 aromatic rings. The van der Waals surface area contributed by atoms with Gasteiger partial charge in [-0.05, 0) is 6.42 Å². The smallest absolute Gasteiger partial charge is 0.312 e. The zero-order valence-electron chi connectivity index (χ0n) is 5.71. The van der Waals surface area contributed by atoms with Crippen LogP contribution in [0.15, 0.2) is 0 Å². The van der Waals surface area contributed by atoms with E-state index in [-0.39, 0.29) is 18.7 Å². The van der Waals surface area contributed by atoms with Gasteiger partial charge in [-0.25, -0.2) is 13.2 Å². The Morgan fingerprint density at radius 2 is 2.09 bits per heavy atom. The highest BCUT2D eigenvalue weighted by atomic mass is 35.7. The van der Waals surface area contributed by atoms with Gasteiger partial charge in [-0.3, -0.25) is 0 Å². The molecule has 7 heteroatoms. The first-order valence-electron chi connectivity index (χ1n) is 2.87. The first-order chi connectivity index (χ1) is 4.92. The highest BCUT2D eigenvalue weighted by Crippen LogP contribution is 1.97. The summed E-state index contributed by atoms with van der Waals surface area (Å²) in [5.41, 5.74) is 4.71. The van der Waals surface area contributed by atoms with Crippen LogP contribution < -0.4 is 11.1 Å². The summed E-state index contributed by atoms with van der Waals surface area (Å²) in [7, 11) is 1.43. The molecule has 0 atom stereocenters. The number of nitrogens with two attached hydrogens (primary N) is 1. The van der Waals surface area contributed by atoms with Gasteiger partial charge in [0.05, 0.1) is 5.75 Å². The minimum atomic E-state index is -3.44. The third-order valence-electron chi connectivity index (χ3n) is 0.864. The van der Waals surface area contributed by atoms with E-state index in [0.717, 1.165) is 0 Å². The predicted molar refractivity (Wildman–Crippen MR) is 41.8 cm³/mol. The zero-order chi connectivity index (χ0) is 8.91. The monoisotopic (exact) mass is 200 g/mol. The van der Waals surface area contributed by atoms with Crippen molar-refractivity contribution in [1.82, 2.24) is 5.32 Å². The van der Waals surface area contributed by atoms with Crippen LogP contribution in [0.1, 0.15) is 6.42 Å². The summed E-state index contributed by atoms with van der Waals surface area (Å²) in [4.78, 5) is 10.1. The second-order valence-electron chi connectivity index (χ2n) is 1.89. The van der Waals surface area contributed by atoms with E-state index in [1.54, 1.807) is 0 Å². The molecule has 11 heavy (non-hydrogen) atoms. The molecule has 0 fully saturated rings. The molecule has 3 N–H and O–H groups in total. The maximum Gasteiger partial charge on any atom is 0.312 e. The molecule has 0 bridgehead atoms. The minimum Gasteiger partial charge on any atom is -0.352 e. The molecule has 0 aliphatic rings. The van der Waals surface area contributed by atoms with Crippen molar-refractivity contribution in [3.8, 4) is 0 Å². The van der Waals surface area contributed by atoms with Crippen LogP contribution in [0.5, 0.6) is 0 Å². The molecule has 0 saturated heterocycles. The van der Waals surface area contributed by atoms with E-state index in [1.807, 2.05) is 0 Å². The molecule has 66 valence electrons. The van der Waals surface area contributed by atoms with Crippen molar-refractivity contribution >= 4 is 25.8 Å². The Labute approximate surface area is 69.3 Å². The number of primary amides is 1. The van der Waals surface area contributed by atoms with E-state index < -0.39 is 15.1 Å². The zero-order valence-corrected chi connectivity index (χ0v) is 7.28. The SMILES string of the molecule is NC(=O)NCCCS(=O)(=O)Cl. The van der Waals surface area contributed by atoms with Crippen LogP contribution >= 0.6 is 10.7 Å². The van der Waals surface area contributed by atoms with Gasteiger partial charge in [0, 0.05) is 17.2 Å². The lowest BCUT2D eigenvalue weighted by Crippen LogP contribution is -2.30. The van der Waals surface area contributed by atoms with Crippen molar-refractivity contribution in [2.24, 2.45) is 5.73 Å². The quantitative estimate of drug-likeness (QED) is 0.479. The molecule has 0 heterocycles. The van der Waals surface area contributed by atoms with Gasteiger partial charge in [0.1, 0.15) is 0 Å². The van der Waals surface area contributed by atoms with Crippen LogP contribution in [0.4, 0.5) is 4.79 Å². The van der Waals surface area contributed by atoms with E-state index in [2.05, 4.69) is 5.32 Å². The number of amides is 2. The van der Waals surface area contributed by atoms with E-state index in [1.165, 1.54) is 0 Å². The van der Waals surface area contributed by atoms with Gasteiger partial charge in [-0.15, -0.1) is 0 Å². The van der Waals surface area contributed by atoms with E-state index in [4.69, 9.17) is 16.4 Å². The molecule has 0 unspecified atom stereocenters. The Balaban J connectivity index is 3.37. The topological polar surface area (TPSA) is 89.3 Å². The Morgan fingerprint density at radius 3 is 2.45 bits per heavy atom. The van der Waals surface area contributed by atoms with Gasteiger partial charge in [0.15, 0.2) is 0 Å². The maximum atomic E-state index is 10.3. The molecule has 0 aliphatic carbocycles. The summed E-state index contributed by atoms with van der Waals surface area (Å²) < 4.78 is 20.6. The van der Waals surface area contributed by atoms with Crippen molar-refractivity contribution in [2.45, 2.75) is 6.42 Å². The highest BCUT2D eigenvalue weighted by molar-refractivity contribution is 8.13. The average molecular weight is 201 g/mol. The summed E-state index contributed by atoms with van der Waals surface area (Å²) in [5.74, 6) is -0.158. The van der Waals surface area contributed by atoms with Crippen molar-refractivity contribution < 1.29 is 13.2 Å². The number of nitrogens with one attached hydrogen (secondary N) is 1. The van der Waals surface area contributed by atoms with E-state index in [0.29, 0.717) is 0 Å². The normalized spacial score (nSPS) is 11.0. The van der Waals surface area contributed by atoms with Crippen LogP contribution in [0.3, 0.4) is 0 Å². The second-order valence-corrected chi connectivity index (χ2v) is 4.78. The summed E-state index contributed by atoms with van der Waals surface area (Å²) in [6.07, 6.45) is 0.273. The third-order valence-corrected chi connectivity index (χ3v) is 2.10. The largest absolute Gasteiger partial charge is 0.352 e. The lowest BCUT2D eigenvalue weighted by atomic mass is 10.5. The Morgan fingerprint density at radius 1 is 1.55 bits per heavy atom. The molecule has 0 aliphatic heterocycles. The van der Waals surface area contributed by atoms with Crippen molar-refractivity contribution in [2.75, 3.05) is 12.3 Å². The van der Waals surface area contributed by atoms with E-state index >= 15 is 0 Å². The first kappa shape index (κ1) is 10.5. The van der Waals surface area contributed by atoms with Gasteiger partial charge in [-0.2, -0.15) is 0 Å². The highest BCUT2D eigenvalue weighted by Gasteiger charge is 2.03. The van der Waals surface area contributed by atoms with Crippen LogP contribution in [0.2, 0.25) is 0 Å². The number of rotatable bonds is 4. The summed E-state index contributed by atoms with van der Waals surface area (Å²) in [6, 6.07) is -0.669. The molecule has 0 aromatic heterocycles. The minimum absolute atomic E-state index is 0.158. The van der Waals surface area contributed by atoms with Crippen molar-refractivity contribution in [3.05, 3.63) is 0 Å². The number of hydrogen-bond donors (Lipinski definition) is 2. The van der Waals surface area contributed by atoms with Gasteiger partial charge >= 0.3 is 6.03 Å². The maximum absolute atomic E-state index is 10.3. The lowest BCUT2D eigenvalue weighted by molar-refractivity contribution is 0.249. The number of urea groups is 1. The Hall–Kier alpha value is -0.490. The van der Waals surface area contributed by atoms with Crippen LogP contribution in [-0.4, -0.2) is 26.7 Å². The number of carbonyl (C=O) groups excluding carboxylic acids is 1.